The van der Waals surface area contributed by atoms with Gasteiger partial charge in [-0.2, -0.15) is 13.2 Å². The van der Waals surface area contributed by atoms with Crippen LogP contribution in [0.15, 0.2) is 42.5 Å². The van der Waals surface area contributed by atoms with E-state index in [-0.39, 0.29) is 12.3 Å². The van der Waals surface area contributed by atoms with E-state index in [0.717, 1.165) is 43.8 Å². The minimum Gasteiger partial charge on any atom is -0.370 e. The van der Waals surface area contributed by atoms with Gasteiger partial charge in [-0.1, -0.05) is 29.8 Å². The van der Waals surface area contributed by atoms with Gasteiger partial charge in [0.15, 0.2) is 0 Å². The first-order valence-corrected chi connectivity index (χ1v) is 9.21. The maximum Gasteiger partial charge on any atom is 0.416 e. The first-order chi connectivity index (χ1) is 12.8. The Balaban J connectivity index is 1.75. The second-order valence-corrected chi connectivity index (χ2v) is 7.07. The molecule has 1 heterocycles. The van der Waals surface area contributed by atoms with E-state index in [4.69, 9.17) is 11.6 Å². The molecule has 0 aliphatic carbocycles. The predicted molar refractivity (Wildman–Crippen MR) is 101 cm³/mol. The largest absolute Gasteiger partial charge is 0.416 e. The van der Waals surface area contributed by atoms with Crippen molar-refractivity contribution in [3.05, 3.63) is 58.6 Å². The minimum absolute atomic E-state index is 0.143. The third kappa shape index (κ3) is 5.16. The highest BCUT2D eigenvalue weighted by atomic mass is 35.5. The topological polar surface area (TPSA) is 32.3 Å². The zero-order chi connectivity index (χ0) is 19.4. The standard InChI is InChI=1S/C20H20ClF3N2O/c21-16-7-8-18(26-9-2-1-3-10-26)17(13-16)25-19(27)12-14-5-4-6-15(11-14)20(22,23)24/h4-8,11,13H,1-3,9-10,12H2,(H,25,27). The van der Waals surface area contributed by atoms with Gasteiger partial charge >= 0.3 is 6.18 Å². The number of piperidine rings is 1. The SMILES string of the molecule is O=C(Cc1cccc(C(F)(F)F)c1)Nc1cc(Cl)ccc1N1CCCCC1. The van der Waals surface area contributed by atoms with Crippen molar-refractivity contribution in [2.24, 2.45) is 0 Å². The molecule has 144 valence electrons. The molecule has 0 bridgehead atoms. The zero-order valence-corrected chi connectivity index (χ0v) is 15.4. The fraction of sp³-hybridized carbons (Fsp3) is 0.350. The summed E-state index contributed by atoms with van der Waals surface area (Å²) in [5.41, 5.74) is 1.02. The second kappa shape index (κ2) is 8.21. The Hall–Kier alpha value is -2.21. The number of carbonyl (C=O) groups excluding carboxylic acids is 1. The van der Waals surface area contributed by atoms with Crippen LogP contribution >= 0.6 is 11.6 Å². The van der Waals surface area contributed by atoms with E-state index in [9.17, 15) is 18.0 Å². The normalized spacial score (nSPS) is 14.9. The highest BCUT2D eigenvalue weighted by molar-refractivity contribution is 6.31. The van der Waals surface area contributed by atoms with Crippen molar-refractivity contribution in [3.8, 4) is 0 Å². The molecule has 1 aliphatic rings. The number of alkyl halides is 3. The van der Waals surface area contributed by atoms with Gasteiger partial charge in [0.05, 0.1) is 23.4 Å². The number of nitrogens with zero attached hydrogens (tertiary/aromatic N) is 1. The van der Waals surface area contributed by atoms with Gasteiger partial charge in [0.1, 0.15) is 0 Å². The van der Waals surface area contributed by atoms with E-state index in [1.54, 1.807) is 12.1 Å². The van der Waals surface area contributed by atoms with Crippen molar-refractivity contribution in [1.82, 2.24) is 0 Å². The number of benzene rings is 2. The Kier molecular flexibility index (Phi) is 5.95. The molecular formula is C20H20ClF3N2O. The van der Waals surface area contributed by atoms with Crippen molar-refractivity contribution < 1.29 is 18.0 Å². The first-order valence-electron chi connectivity index (χ1n) is 8.83. The lowest BCUT2D eigenvalue weighted by molar-refractivity contribution is -0.137. The molecule has 1 N–H and O–H groups in total. The van der Waals surface area contributed by atoms with Crippen LogP contribution in [0.25, 0.3) is 0 Å². The quantitative estimate of drug-likeness (QED) is 0.736. The Labute approximate surface area is 161 Å². The van der Waals surface area contributed by atoms with Gasteiger partial charge in [-0.25, -0.2) is 0 Å². The number of hydrogen-bond donors (Lipinski definition) is 1. The summed E-state index contributed by atoms with van der Waals surface area (Å²) < 4.78 is 38.5. The van der Waals surface area contributed by atoms with Gasteiger partial charge in [-0.3, -0.25) is 4.79 Å². The summed E-state index contributed by atoms with van der Waals surface area (Å²) in [5, 5.41) is 3.30. The monoisotopic (exact) mass is 396 g/mol. The maximum absolute atomic E-state index is 12.8. The lowest BCUT2D eigenvalue weighted by Gasteiger charge is -2.30. The molecule has 1 aliphatic heterocycles. The highest BCUT2D eigenvalue weighted by Gasteiger charge is 2.30. The number of halogens is 4. The van der Waals surface area contributed by atoms with Gasteiger partial charge in [-0.05, 0) is 49.1 Å². The maximum atomic E-state index is 12.8. The summed E-state index contributed by atoms with van der Waals surface area (Å²) in [6.45, 7) is 1.80. The van der Waals surface area contributed by atoms with Gasteiger partial charge < -0.3 is 10.2 Å². The summed E-state index contributed by atoms with van der Waals surface area (Å²) in [4.78, 5) is 14.6. The number of amides is 1. The van der Waals surface area contributed by atoms with Gasteiger partial charge in [0.25, 0.3) is 0 Å². The van der Waals surface area contributed by atoms with E-state index < -0.39 is 11.7 Å². The number of carbonyl (C=O) groups is 1. The molecule has 2 aromatic carbocycles. The molecule has 0 atom stereocenters. The smallest absolute Gasteiger partial charge is 0.370 e. The molecule has 0 radical (unpaired) electrons. The molecule has 0 aromatic heterocycles. The van der Waals surface area contributed by atoms with E-state index in [0.29, 0.717) is 16.3 Å². The lowest BCUT2D eigenvalue weighted by Crippen LogP contribution is -2.30. The van der Waals surface area contributed by atoms with Crippen LogP contribution < -0.4 is 10.2 Å². The summed E-state index contributed by atoms with van der Waals surface area (Å²) >= 11 is 6.08. The number of anilines is 2. The molecular weight excluding hydrogens is 377 g/mol. The van der Waals surface area contributed by atoms with Gasteiger partial charge in [0.2, 0.25) is 5.91 Å². The van der Waals surface area contributed by atoms with E-state index >= 15 is 0 Å². The molecule has 27 heavy (non-hydrogen) atoms. The third-order valence-corrected chi connectivity index (χ3v) is 4.78. The van der Waals surface area contributed by atoms with Crippen LogP contribution in [0.5, 0.6) is 0 Å². The molecule has 1 saturated heterocycles. The van der Waals surface area contributed by atoms with Crippen LogP contribution in [-0.2, 0) is 17.4 Å². The van der Waals surface area contributed by atoms with Crippen molar-refractivity contribution in [2.75, 3.05) is 23.3 Å². The Morgan fingerprint density at radius 2 is 1.81 bits per heavy atom. The van der Waals surface area contributed by atoms with Gasteiger partial charge in [0, 0.05) is 18.1 Å². The molecule has 2 aromatic rings. The van der Waals surface area contributed by atoms with Crippen LogP contribution in [0, 0.1) is 0 Å². The zero-order valence-electron chi connectivity index (χ0n) is 14.7. The summed E-state index contributed by atoms with van der Waals surface area (Å²) in [6.07, 6.45) is -1.22. The van der Waals surface area contributed by atoms with E-state index in [2.05, 4.69) is 10.2 Å². The van der Waals surface area contributed by atoms with Crippen LogP contribution in [0.3, 0.4) is 0 Å². The number of rotatable bonds is 4. The van der Waals surface area contributed by atoms with Crippen molar-refractivity contribution in [1.29, 1.82) is 0 Å². The molecule has 0 unspecified atom stereocenters. The van der Waals surface area contributed by atoms with Gasteiger partial charge in [-0.15, -0.1) is 0 Å². The van der Waals surface area contributed by atoms with Crippen LogP contribution in [0.2, 0.25) is 5.02 Å². The van der Waals surface area contributed by atoms with Crippen molar-refractivity contribution in [3.63, 3.8) is 0 Å². The molecule has 3 rings (SSSR count). The third-order valence-electron chi connectivity index (χ3n) is 4.55. The summed E-state index contributed by atoms with van der Waals surface area (Å²) in [6, 6.07) is 10.1. The Morgan fingerprint density at radius 1 is 1.07 bits per heavy atom. The Morgan fingerprint density at radius 3 is 2.52 bits per heavy atom. The molecule has 3 nitrogen and oxygen atoms in total. The van der Waals surface area contributed by atoms with E-state index in [1.165, 1.54) is 18.6 Å². The average Bonchev–Trinajstić information content (AvgIpc) is 2.62. The highest BCUT2D eigenvalue weighted by Crippen LogP contribution is 2.32. The van der Waals surface area contributed by atoms with Crippen molar-refractivity contribution >= 4 is 28.9 Å². The fourth-order valence-electron chi connectivity index (χ4n) is 3.26. The number of hydrogen-bond acceptors (Lipinski definition) is 2. The molecule has 0 spiro atoms. The number of nitrogens with one attached hydrogen (secondary N) is 1. The summed E-state index contributed by atoms with van der Waals surface area (Å²) in [7, 11) is 0. The summed E-state index contributed by atoms with van der Waals surface area (Å²) in [5.74, 6) is -0.380. The van der Waals surface area contributed by atoms with E-state index in [1.807, 2.05) is 6.07 Å². The van der Waals surface area contributed by atoms with Crippen LogP contribution in [0.1, 0.15) is 30.4 Å². The van der Waals surface area contributed by atoms with Crippen LogP contribution in [-0.4, -0.2) is 19.0 Å². The lowest BCUT2D eigenvalue weighted by atomic mass is 10.1. The minimum atomic E-state index is -4.43. The average molecular weight is 397 g/mol. The molecule has 1 amide bonds. The molecule has 1 fully saturated rings. The second-order valence-electron chi connectivity index (χ2n) is 6.63. The molecule has 0 saturated carbocycles. The molecule has 7 heteroatoms. The first kappa shape index (κ1) is 19.5. The fourth-order valence-corrected chi connectivity index (χ4v) is 3.43. The Bertz CT molecular complexity index is 817. The van der Waals surface area contributed by atoms with Crippen molar-refractivity contribution in [2.45, 2.75) is 31.9 Å². The predicted octanol–water partition coefficient (Wildman–Crippen LogP) is 5.53. The van der Waals surface area contributed by atoms with Crippen LogP contribution in [0.4, 0.5) is 24.5 Å².